The van der Waals surface area contributed by atoms with Crippen LogP contribution < -0.4 is 0 Å². The zero-order chi connectivity index (χ0) is 10.1. The fraction of sp³-hybridized carbons (Fsp3) is 0.571. The average molecular weight is 224 g/mol. The minimum absolute atomic E-state index is 0.180. The molecule has 4 nitrogen and oxygen atoms in total. The first-order chi connectivity index (χ1) is 5.90. The molecule has 0 atom stereocenters. The minimum Gasteiger partial charge on any atom is -0.364 e. The van der Waals surface area contributed by atoms with Crippen LogP contribution in [0.15, 0.2) is 10.8 Å². The second kappa shape index (κ2) is 3.67. The maximum atomic E-state index is 10.8. The van der Waals surface area contributed by atoms with E-state index in [-0.39, 0.29) is 11.7 Å². The van der Waals surface area contributed by atoms with E-state index in [9.17, 15) is 8.42 Å². The Morgan fingerprint density at radius 2 is 2.23 bits per heavy atom. The van der Waals surface area contributed by atoms with Crippen molar-refractivity contribution in [3.05, 3.63) is 17.5 Å². The first-order valence-electron chi connectivity index (χ1n) is 3.75. The average Bonchev–Trinajstić information content (AvgIpc) is 2.31. The third kappa shape index (κ3) is 3.00. The lowest BCUT2D eigenvalue weighted by atomic mass is 10.1. The summed E-state index contributed by atoms with van der Waals surface area (Å²) in [6.45, 7) is 3.85. The summed E-state index contributed by atoms with van der Waals surface area (Å²) in [5.41, 5.74) is 1.18. The van der Waals surface area contributed by atoms with E-state index in [1.807, 2.05) is 13.8 Å². The van der Waals surface area contributed by atoms with Crippen molar-refractivity contribution >= 4 is 19.7 Å². The maximum absolute atomic E-state index is 10.8. The Morgan fingerprint density at radius 1 is 1.62 bits per heavy atom. The summed E-state index contributed by atoms with van der Waals surface area (Å²) in [6.07, 6.45) is 1.45. The van der Waals surface area contributed by atoms with Gasteiger partial charge in [0.05, 0.1) is 0 Å². The molecule has 0 amide bonds. The van der Waals surface area contributed by atoms with Gasteiger partial charge in [-0.2, -0.15) is 0 Å². The molecule has 0 saturated carbocycles. The van der Waals surface area contributed by atoms with Gasteiger partial charge in [0.1, 0.15) is 17.7 Å². The fourth-order valence-corrected chi connectivity index (χ4v) is 1.87. The van der Waals surface area contributed by atoms with Gasteiger partial charge in [-0.15, -0.1) is 0 Å². The fourth-order valence-electron chi connectivity index (χ4n) is 1.01. The molecule has 0 N–H and O–H groups in total. The van der Waals surface area contributed by atoms with Crippen molar-refractivity contribution in [3.8, 4) is 0 Å². The van der Waals surface area contributed by atoms with Crippen molar-refractivity contribution in [1.82, 2.24) is 5.16 Å². The quantitative estimate of drug-likeness (QED) is 0.734. The molecule has 0 radical (unpaired) electrons. The van der Waals surface area contributed by atoms with E-state index in [0.717, 1.165) is 5.56 Å². The highest BCUT2D eigenvalue weighted by atomic mass is 35.7. The zero-order valence-electron chi connectivity index (χ0n) is 7.32. The molecule has 0 saturated heterocycles. The molecule has 0 spiro atoms. The molecule has 0 aliphatic heterocycles. The standard InChI is InChI=1S/C7H10ClNO3S/c1-5(2)6-3-12-9-7(6)4-13(8,10)11/h3,5H,4H2,1-2H3. The van der Waals surface area contributed by atoms with E-state index in [2.05, 4.69) is 9.68 Å². The van der Waals surface area contributed by atoms with Gasteiger partial charge in [-0.25, -0.2) is 8.42 Å². The highest BCUT2D eigenvalue weighted by Crippen LogP contribution is 2.20. The van der Waals surface area contributed by atoms with Crippen LogP contribution in [0.3, 0.4) is 0 Å². The largest absolute Gasteiger partial charge is 0.364 e. The summed E-state index contributed by atoms with van der Waals surface area (Å²) in [5, 5.41) is 3.58. The number of aromatic nitrogens is 1. The highest BCUT2D eigenvalue weighted by Gasteiger charge is 2.16. The Kier molecular flexibility index (Phi) is 2.98. The second-order valence-corrected chi connectivity index (χ2v) is 5.83. The normalized spacial score (nSPS) is 12.3. The summed E-state index contributed by atoms with van der Waals surface area (Å²) < 4.78 is 26.2. The van der Waals surface area contributed by atoms with Crippen LogP contribution in [0.5, 0.6) is 0 Å². The van der Waals surface area contributed by atoms with Gasteiger partial charge in [-0.3, -0.25) is 0 Å². The molecule has 1 aromatic heterocycles. The Hall–Kier alpha value is -0.550. The zero-order valence-corrected chi connectivity index (χ0v) is 8.89. The molecule has 0 unspecified atom stereocenters. The van der Waals surface area contributed by atoms with E-state index >= 15 is 0 Å². The number of hydrogen-bond acceptors (Lipinski definition) is 4. The SMILES string of the molecule is CC(C)c1conc1CS(=O)(=O)Cl. The van der Waals surface area contributed by atoms with Crippen LogP contribution >= 0.6 is 10.7 Å². The summed E-state index contributed by atoms with van der Waals surface area (Å²) in [7, 11) is 1.54. The van der Waals surface area contributed by atoms with Crippen LogP contribution in [0.1, 0.15) is 31.0 Å². The molecule has 0 aliphatic rings. The first kappa shape index (κ1) is 10.5. The number of nitrogens with zero attached hydrogens (tertiary/aromatic N) is 1. The van der Waals surface area contributed by atoms with Gasteiger partial charge in [0, 0.05) is 16.2 Å². The maximum Gasteiger partial charge on any atom is 0.238 e. The van der Waals surface area contributed by atoms with Gasteiger partial charge >= 0.3 is 0 Å². The summed E-state index contributed by atoms with van der Waals surface area (Å²) >= 11 is 0. The van der Waals surface area contributed by atoms with Crippen LogP contribution in [0, 0.1) is 0 Å². The van der Waals surface area contributed by atoms with Gasteiger partial charge in [0.25, 0.3) is 0 Å². The Bertz CT molecular complexity index is 382. The first-order valence-corrected chi connectivity index (χ1v) is 6.23. The van der Waals surface area contributed by atoms with E-state index < -0.39 is 9.05 Å². The molecule has 13 heavy (non-hydrogen) atoms. The van der Waals surface area contributed by atoms with Crippen LogP contribution in [-0.2, 0) is 14.8 Å². The van der Waals surface area contributed by atoms with Crippen LogP contribution in [0.2, 0.25) is 0 Å². The van der Waals surface area contributed by atoms with Crippen molar-refractivity contribution < 1.29 is 12.9 Å². The molecule has 0 aromatic carbocycles. The second-order valence-electron chi connectivity index (χ2n) is 3.05. The van der Waals surface area contributed by atoms with Gasteiger partial charge < -0.3 is 4.52 Å². The molecule has 0 bridgehead atoms. The van der Waals surface area contributed by atoms with Crippen LogP contribution in [0.4, 0.5) is 0 Å². The predicted molar refractivity (Wildman–Crippen MR) is 49.1 cm³/mol. The molecule has 1 aromatic rings. The molecule has 74 valence electrons. The lowest BCUT2D eigenvalue weighted by molar-refractivity contribution is 0.413. The van der Waals surface area contributed by atoms with Gasteiger partial charge in [0.2, 0.25) is 9.05 Å². The molecule has 1 rings (SSSR count). The minimum atomic E-state index is -3.55. The third-order valence-electron chi connectivity index (χ3n) is 1.61. The van der Waals surface area contributed by atoms with Crippen molar-refractivity contribution in [2.24, 2.45) is 0 Å². The highest BCUT2D eigenvalue weighted by molar-refractivity contribution is 8.13. The van der Waals surface area contributed by atoms with Gasteiger partial charge in [-0.05, 0) is 5.92 Å². The molecule has 1 heterocycles. The van der Waals surface area contributed by atoms with E-state index in [1.165, 1.54) is 6.26 Å². The van der Waals surface area contributed by atoms with Crippen molar-refractivity contribution in [1.29, 1.82) is 0 Å². The lowest BCUT2D eigenvalue weighted by Gasteiger charge is -2.01. The monoisotopic (exact) mass is 223 g/mol. The molecule has 0 fully saturated rings. The Labute approximate surface area is 81.3 Å². The topological polar surface area (TPSA) is 60.2 Å². The number of rotatable bonds is 3. The molecule has 6 heteroatoms. The Morgan fingerprint density at radius 3 is 2.69 bits per heavy atom. The van der Waals surface area contributed by atoms with Crippen LogP contribution in [-0.4, -0.2) is 13.6 Å². The third-order valence-corrected chi connectivity index (χ3v) is 2.55. The van der Waals surface area contributed by atoms with Crippen molar-refractivity contribution in [2.75, 3.05) is 0 Å². The predicted octanol–water partition coefficient (Wildman–Crippen LogP) is 1.87. The summed E-state index contributed by atoms with van der Waals surface area (Å²) in [6, 6.07) is 0. The number of hydrogen-bond donors (Lipinski definition) is 0. The molecule has 0 aliphatic carbocycles. The van der Waals surface area contributed by atoms with E-state index in [4.69, 9.17) is 10.7 Å². The van der Waals surface area contributed by atoms with Gasteiger partial charge in [0.15, 0.2) is 0 Å². The Balaban J connectivity index is 2.96. The molecular weight excluding hydrogens is 214 g/mol. The van der Waals surface area contributed by atoms with Crippen molar-refractivity contribution in [3.63, 3.8) is 0 Å². The van der Waals surface area contributed by atoms with Crippen LogP contribution in [0.25, 0.3) is 0 Å². The van der Waals surface area contributed by atoms with Crippen molar-refractivity contribution in [2.45, 2.75) is 25.5 Å². The van der Waals surface area contributed by atoms with E-state index in [1.54, 1.807) is 0 Å². The van der Waals surface area contributed by atoms with Gasteiger partial charge in [-0.1, -0.05) is 19.0 Å². The summed E-state index contributed by atoms with van der Waals surface area (Å²) in [5.74, 6) is -0.0990. The lowest BCUT2D eigenvalue weighted by Crippen LogP contribution is -1.99. The van der Waals surface area contributed by atoms with E-state index in [0.29, 0.717) is 5.69 Å². The summed E-state index contributed by atoms with van der Waals surface area (Å²) in [4.78, 5) is 0. The smallest absolute Gasteiger partial charge is 0.238 e. The molecular formula is C7H10ClNO3S. The number of halogens is 1.